The number of benzene rings is 1. The van der Waals surface area contributed by atoms with Crippen LogP contribution in [0.4, 0.5) is 0 Å². The molecule has 0 radical (unpaired) electrons. The molecule has 2 rings (SSSR count). The fraction of sp³-hybridized carbons (Fsp3) is 0.588. The molecule has 1 aliphatic heterocycles. The van der Waals surface area contributed by atoms with Crippen LogP contribution in [0, 0.1) is 0 Å². The molecule has 116 valence electrons. The molecule has 0 bridgehead atoms. The predicted octanol–water partition coefficient (Wildman–Crippen LogP) is 2.75. The van der Waals surface area contributed by atoms with E-state index >= 15 is 0 Å². The summed E-state index contributed by atoms with van der Waals surface area (Å²) in [5, 5.41) is 3.49. The van der Waals surface area contributed by atoms with Crippen LogP contribution in [0.5, 0.6) is 5.75 Å². The Morgan fingerprint density at radius 1 is 1.29 bits per heavy atom. The molecular weight excluding hydrogens is 264 g/mol. The Labute approximate surface area is 127 Å². The molecule has 1 N–H and O–H groups in total. The van der Waals surface area contributed by atoms with E-state index in [-0.39, 0.29) is 5.91 Å². The predicted molar refractivity (Wildman–Crippen MR) is 84.5 cm³/mol. The molecule has 1 aromatic rings. The summed E-state index contributed by atoms with van der Waals surface area (Å²) >= 11 is 0. The lowest BCUT2D eigenvalue weighted by atomic mass is 10.0. The van der Waals surface area contributed by atoms with Crippen LogP contribution in [-0.4, -0.2) is 37.6 Å². The minimum Gasteiger partial charge on any atom is -0.497 e. The summed E-state index contributed by atoms with van der Waals surface area (Å²) in [5.41, 5.74) is 1.24. The first-order valence-electron chi connectivity index (χ1n) is 7.89. The molecule has 1 heterocycles. The van der Waals surface area contributed by atoms with Crippen LogP contribution in [0.1, 0.15) is 44.2 Å². The van der Waals surface area contributed by atoms with Gasteiger partial charge in [-0.1, -0.05) is 19.1 Å². The number of ether oxygens (including phenoxy) is 1. The third kappa shape index (κ3) is 4.46. The first kappa shape index (κ1) is 15.8. The Balaban J connectivity index is 1.80. The van der Waals surface area contributed by atoms with Crippen LogP contribution in [0.2, 0.25) is 0 Å². The Kier molecular flexibility index (Phi) is 6.05. The molecule has 1 fully saturated rings. The summed E-state index contributed by atoms with van der Waals surface area (Å²) in [6.07, 6.45) is 3.90. The Bertz CT molecular complexity index is 439. The molecule has 1 saturated heterocycles. The van der Waals surface area contributed by atoms with Crippen LogP contribution in [-0.2, 0) is 4.79 Å². The zero-order valence-electron chi connectivity index (χ0n) is 13.1. The highest BCUT2D eigenvalue weighted by Gasteiger charge is 2.17. The zero-order valence-corrected chi connectivity index (χ0v) is 13.1. The summed E-state index contributed by atoms with van der Waals surface area (Å²) in [7, 11) is 1.68. The van der Waals surface area contributed by atoms with E-state index in [0.717, 1.165) is 44.6 Å². The monoisotopic (exact) mass is 290 g/mol. The topological polar surface area (TPSA) is 41.6 Å². The van der Waals surface area contributed by atoms with Crippen molar-refractivity contribution in [3.8, 4) is 5.75 Å². The molecule has 1 aliphatic rings. The zero-order chi connectivity index (χ0) is 15.1. The first-order valence-corrected chi connectivity index (χ1v) is 7.89. The van der Waals surface area contributed by atoms with Crippen LogP contribution in [0.3, 0.4) is 0 Å². The van der Waals surface area contributed by atoms with Gasteiger partial charge in [0.25, 0.3) is 0 Å². The number of rotatable bonds is 7. The second kappa shape index (κ2) is 8.03. The van der Waals surface area contributed by atoms with Gasteiger partial charge in [-0.15, -0.1) is 0 Å². The maximum atomic E-state index is 12.0. The van der Waals surface area contributed by atoms with Crippen molar-refractivity contribution >= 4 is 5.91 Å². The summed E-state index contributed by atoms with van der Waals surface area (Å²) in [6.45, 7) is 4.77. The van der Waals surface area contributed by atoms with Crippen molar-refractivity contribution in [3.05, 3.63) is 29.8 Å². The number of nitrogens with zero attached hydrogens (tertiary/aromatic N) is 1. The quantitative estimate of drug-likeness (QED) is 0.839. The highest BCUT2D eigenvalue weighted by atomic mass is 16.5. The SMILES string of the molecule is CCC(NCCC(=O)N1CCCC1)c1ccc(OC)cc1. The van der Waals surface area contributed by atoms with E-state index < -0.39 is 0 Å². The van der Waals surface area contributed by atoms with Crippen molar-refractivity contribution in [2.45, 2.75) is 38.6 Å². The average Bonchev–Trinajstić information content (AvgIpc) is 3.06. The molecule has 4 heteroatoms. The first-order chi connectivity index (χ1) is 10.2. The summed E-state index contributed by atoms with van der Waals surface area (Å²) in [6, 6.07) is 8.43. The Hall–Kier alpha value is -1.55. The third-order valence-corrected chi connectivity index (χ3v) is 4.11. The molecule has 1 amide bonds. The third-order valence-electron chi connectivity index (χ3n) is 4.11. The number of hydrogen-bond donors (Lipinski definition) is 1. The van der Waals surface area contributed by atoms with Gasteiger partial charge in [-0.2, -0.15) is 0 Å². The van der Waals surface area contributed by atoms with Crippen LogP contribution in [0.15, 0.2) is 24.3 Å². The van der Waals surface area contributed by atoms with Gasteiger partial charge in [0.05, 0.1) is 7.11 Å². The summed E-state index contributed by atoms with van der Waals surface area (Å²) in [4.78, 5) is 14.0. The number of amides is 1. The van der Waals surface area contributed by atoms with Crippen molar-refractivity contribution in [1.82, 2.24) is 10.2 Å². The van der Waals surface area contributed by atoms with Gasteiger partial charge in [0.15, 0.2) is 0 Å². The van der Waals surface area contributed by atoms with Gasteiger partial charge in [-0.3, -0.25) is 4.79 Å². The number of carbonyl (C=O) groups is 1. The Morgan fingerprint density at radius 3 is 2.52 bits per heavy atom. The van der Waals surface area contributed by atoms with Crippen molar-refractivity contribution < 1.29 is 9.53 Å². The maximum Gasteiger partial charge on any atom is 0.223 e. The van der Waals surface area contributed by atoms with Crippen LogP contribution < -0.4 is 10.1 Å². The van der Waals surface area contributed by atoms with Gasteiger partial charge in [0, 0.05) is 32.1 Å². The lowest BCUT2D eigenvalue weighted by molar-refractivity contribution is -0.130. The molecule has 0 aliphatic carbocycles. The lowest BCUT2D eigenvalue weighted by Gasteiger charge is -2.19. The van der Waals surface area contributed by atoms with E-state index in [9.17, 15) is 4.79 Å². The molecule has 0 saturated carbocycles. The minimum atomic E-state index is 0.282. The molecule has 0 spiro atoms. The fourth-order valence-electron chi connectivity index (χ4n) is 2.81. The lowest BCUT2D eigenvalue weighted by Crippen LogP contribution is -2.31. The highest BCUT2D eigenvalue weighted by molar-refractivity contribution is 5.76. The number of likely N-dealkylation sites (tertiary alicyclic amines) is 1. The van der Waals surface area contributed by atoms with E-state index in [4.69, 9.17) is 4.74 Å². The normalized spacial score (nSPS) is 16.0. The van der Waals surface area contributed by atoms with Crippen molar-refractivity contribution in [2.75, 3.05) is 26.7 Å². The summed E-state index contributed by atoms with van der Waals surface area (Å²) < 4.78 is 5.18. The molecule has 1 aromatic carbocycles. The second-order valence-electron chi connectivity index (χ2n) is 5.53. The standard InChI is InChI=1S/C17H26N2O2/c1-3-16(14-6-8-15(21-2)9-7-14)18-11-10-17(20)19-12-4-5-13-19/h6-9,16,18H,3-5,10-13H2,1-2H3. The molecule has 4 nitrogen and oxygen atoms in total. The number of hydrogen-bond acceptors (Lipinski definition) is 3. The highest BCUT2D eigenvalue weighted by Crippen LogP contribution is 2.20. The van der Waals surface area contributed by atoms with E-state index in [2.05, 4.69) is 24.4 Å². The van der Waals surface area contributed by atoms with Crippen LogP contribution in [0.25, 0.3) is 0 Å². The van der Waals surface area contributed by atoms with Crippen LogP contribution >= 0.6 is 0 Å². The minimum absolute atomic E-state index is 0.282. The molecule has 0 aromatic heterocycles. The number of methoxy groups -OCH3 is 1. The largest absolute Gasteiger partial charge is 0.497 e. The number of carbonyl (C=O) groups excluding carboxylic acids is 1. The van der Waals surface area contributed by atoms with Crippen molar-refractivity contribution in [2.24, 2.45) is 0 Å². The van der Waals surface area contributed by atoms with Gasteiger partial charge in [-0.05, 0) is 37.0 Å². The molecule has 1 unspecified atom stereocenters. The van der Waals surface area contributed by atoms with E-state index in [1.54, 1.807) is 7.11 Å². The Morgan fingerprint density at radius 2 is 1.95 bits per heavy atom. The maximum absolute atomic E-state index is 12.0. The molecular formula is C17H26N2O2. The van der Waals surface area contributed by atoms with E-state index in [1.807, 2.05) is 17.0 Å². The van der Waals surface area contributed by atoms with Gasteiger partial charge in [-0.25, -0.2) is 0 Å². The molecule has 21 heavy (non-hydrogen) atoms. The van der Waals surface area contributed by atoms with Gasteiger partial charge in [0.2, 0.25) is 5.91 Å². The van der Waals surface area contributed by atoms with Gasteiger partial charge in [0.1, 0.15) is 5.75 Å². The average molecular weight is 290 g/mol. The summed E-state index contributed by atoms with van der Waals surface area (Å²) in [5.74, 6) is 1.15. The van der Waals surface area contributed by atoms with E-state index in [0.29, 0.717) is 12.5 Å². The van der Waals surface area contributed by atoms with Crippen molar-refractivity contribution in [3.63, 3.8) is 0 Å². The second-order valence-corrected chi connectivity index (χ2v) is 5.53. The fourth-order valence-corrected chi connectivity index (χ4v) is 2.81. The van der Waals surface area contributed by atoms with E-state index in [1.165, 1.54) is 5.56 Å². The number of nitrogens with one attached hydrogen (secondary N) is 1. The van der Waals surface area contributed by atoms with Crippen molar-refractivity contribution in [1.29, 1.82) is 0 Å². The van der Waals surface area contributed by atoms with Gasteiger partial charge >= 0.3 is 0 Å². The molecule has 1 atom stereocenters. The smallest absolute Gasteiger partial charge is 0.223 e. The van der Waals surface area contributed by atoms with Gasteiger partial charge < -0.3 is 15.0 Å².